The lowest BCUT2D eigenvalue weighted by Gasteiger charge is -2.24. The number of benzene rings is 1. The van der Waals surface area contributed by atoms with Crippen molar-refractivity contribution in [2.75, 3.05) is 13.1 Å². The molecule has 0 spiro atoms. The molecule has 106 valence electrons. The third-order valence-electron chi connectivity index (χ3n) is 3.49. The molecule has 0 aliphatic heterocycles. The smallest absolute Gasteiger partial charge is 0.263 e. The molecule has 19 heavy (non-hydrogen) atoms. The van der Waals surface area contributed by atoms with E-state index in [9.17, 15) is 4.79 Å². The van der Waals surface area contributed by atoms with Crippen molar-refractivity contribution in [3.8, 4) is 5.75 Å². The third-order valence-corrected chi connectivity index (χ3v) is 3.49. The van der Waals surface area contributed by atoms with Crippen molar-refractivity contribution in [1.29, 1.82) is 0 Å². The number of ether oxygens (including phenoxy) is 1. The molecule has 0 N–H and O–H groups in total. The average molecular weight is 263 g/mol. The first kappa shape index (κ1) is 15.5. The molecule has 0 saturated carbocycles. The number of likely N-dealkylation sites (N-methyl/N-ethyl adjacent to an activating group) is 1. The standard InChI is InChI=1S/C16H25NO2/c1-7-17(8-2)16(18)14(6)19-15-10-11(3)9-12(4)13(15)5/h9-10,14H,7-8H2,1-6H3/t14-/m0/s1. The van der Waals surface area contributed by atoms with Gasteiger partial charge in [-0.3, -0.25) is 4.79 Å². The van der Waals surface area contributed by atoms with Crippen molar-refractivity contribution in [3.05, 3.63) is 28.8 Å². The molecule has 0 heterocycles. The summed E-state index contributed by atoms with van der Waals surface area (Å²) < 4.78 is 5.86. The molecule has 0 radical (unpaired) electrons. The Bertz CT molecular complexity index is 450. The normalized spacial score (nSPS) is 12.1. The van der Waals surface area contributed by atoms with E-state index >= 15 is 0 Å². The second-order valence-corrected chi connectivity index (χ2v) is 4.98. The van der Waals surface area contributed by atoms with Crippen molar-refractivity contribution in [3.63, 3.8) is 0 Å². The summed E-state index contributed by atoms with van der Waals surface area (Å²) in [6, 6.07) is 4.12. The van der Waals surface area contributed by atoms with E-state index in [1.54, 1.807) is 4.90 Å². The lowest BCUT2D eigenvalue weighted by molar-refractivity contribution is -0.137. The predicted molar refractivity (Wildman–Crippen MR) is 78.7 cm³/mol. The van der Waals surface area contributed by atoms with Crippen LogP contribution in [0.15, 0.2) is 12.1 Å². The average Bonchev–Trinajstić information content (AvgIpc) is 2.36. The van der Waals surface area contributed by atoms with Gasteiger partial charge < -0.3 is 9.64 Å². The zero-order valence-corrected chi connectivity index (χ0v) is 12.9. The molecule has 0 aliphatic rings. The summed E-state index contributed by atoms with van der Waals surface area (Å²) in [5.41, 5.74) is 3.45. The summed E-state index contributed by atoms with van der Waals surface area (Å²) in [4.78, 5) is 14.0. The number of hydrogen-bond acceptors (Lipinski definition) is 2. The van der Waals surface area contributed by atoms with Gasteiger partial charge in [0.1, 0.15) is 5.75 Å². The summed E-state index contributed by atoms with van der Waals surface area (Å²) in [5.74, 6) is 0.856. The number of aryl methyl sites for hydroxylation is 2. The summed E-state index contributed by atoms with van der Waals surface area (Å²) in [5, 5.41) is 0. The molecule has 3 heteroatoms. The number of rotatable bonds is 5. The molecule has 1 rings (SSSR count). The number of hydrogen-bond donors (Lipinski definition) is 0. The van der Waals surface area contributed by atoms with Gasteiger partial charge in [-0.05, 0) is 64.3 Å². The van der Waals surface area contributed by atoms with Crippen molar-refractivity contribution >= 4 is 5.91 Å². The van der Waals surface area contributed by atoms with Crippen LogP contribution in [-0.4, -0.2) is 30.0 Å². The van der Waals surface area contributed by atoms with E-state index in [0.29, 0.717) is 0 Å². The Hall–Kier alpha value is -1.51. The minimum atomic E-state index is -0.445. The molecular weight excluding hydrogens is 238 g/mol. The van der Waals surface area contributed by atoms with Gasteiger partial charge in [0.2, 0.25) is 0 Å². The summed E-state index contributed by atoms with van der Waals surface area (Å²) >= 11 is 0. The van der Waals surface area contributed by atoms with Crippen molar-refractivity contribution < 1.29 is 9.53 Å². The zero-order valence-electron chi connectivity index (χ0n) is 12.9. The Balaban J connectivity index is 2.88. The summed E-state index contributed by atoms with van der Waals surface area (Å²) in [6.07, 6.45) is -0.445. The van der Waals surface area contributed by atoms with Crippen LogP contribution in [-0.2, 0) is 4.79 Å². The highest BCUT2D eigenvalue weighted by Gasteiger charge is 2.20. The van der Waals surface area contributed by atoms with Crippen LogP contribution in [0.3, 0.4) is 0 Å². The fraction of sp³-hybridized carbons (Fsp3) is 0.562. The van der Waals surface area contributed by atoms with Gasteiger partial charge >= 0.3 is 0 Å². The minimum absolute atomic E-state index is 0.0450. The van der Waals surface area contributed by atoms with E-state index in [2.05, 4.69) is 13.0 Å². The highest BCUT2D eigenvalue weighted by Crippen LogP contribution is 2.24. The van der Waals surface area contributed by atoms with Crippen molar-refractivity contribution in [2.45, 2.75) is 47.6 Å². The highest BCUT2D eigenvalue weighted by atomic mass is 16.5. The molecule has 3 nitrogen and oxygen atoms in total. The maximum absolute atomic E-state index is 12.2. The molecule has 0 saturated heterocycles. The number of carbonyl (C=O) groups is 1. The monoisotopic (exact) mass is 263 g/mol. The first-order chi connectivity index (χ1) is 8.90. The van der Waals surface area contributed by atoms with Gasteiger partial charge in [-0.25, -0.2) is 0 Å². The Morgan fingerprint density at radius 2 is 1.79 bits per heavy atom. The SMILES string of the molecule is CCN(CC)C(=O)[C@H](C)Oc1cc(C)cc(C)c1C. The fourth-order valence-corrected chi connectivity index (χ4v) is 2.16. The van der Waals surface area contributed by atoms with Gasteiger partial charge in [-0.15, -0.1) is 0 Å². The van der Waals surface area contributed by atoms with E-state index in [1.165, 1.54) is 5.56 Å². The van der Waals surface area contributed by atoms with Crippen LogP contribution in [0.5, 0.6) is 5.75 Å². The molecule has 0 aromatic heterocycles. The van der Waals surface area contributed by atoms with E-state index < -0.39 is 6.10 Å². The fourth-order valence-electron chi connectivity index (χ4n) is 2.16. The first-order valence-electron chi connectivity index (χ1n) is 6.93. The van der Waals surface area contributed by atoms with Crippen LogP contribution in [0.1, 0.15) is 37.5 Å². The summed E-state index contributed by atoms with van der Waals surface area (Å²) in [7, 11) is 0. The van der Waals surface area contributed by atoms with Crippen LogP contribution in [0.4, 0.5) is 0 Å². The van der Waals surface area contributed by atoms with Crippen LogP contribution in [0.25, 0.3) is 0 Å². The first-order valence-corrected chi connectivity index (χ1v) is 6.93. The molecule has 0 fully saturated rings. The Labute approximate surface area is 116 Å². The van der Waals surface area contributed by atoms with Gasteiger partial charge in [-0.1, -0.05) is 6.07 Å². The Morgan fingerprint density at radius 3 is 2.32 bits per heavy atom. The largest absolute Gasteiger partial charge is 0.481 e. The van der Waals surface area contributed by atoms with Crippen LogP contribution >= 0.6 is 0 Å². The molecule has 0 unspecified atom stereocenters. The van der Waals surface area contributed by atoms with E-state index in [-0.39, 0.29) is 5.91 Å². The molecule has 1 aromatic carbocycles. The second kappa shape index (κ2) is 6.60. The van der Waals surface area contributed by atoms with E-state index in [4.69, 9.17) is 4.74 Å². The van der Waals surface area contributed by atoms with Gasteiger partial charge in [0.05, 0.1) is 0 Å². The van der Waals surface area contributed by atoms with E-state index in [1.807, 2.05) is 40.7 Å². The lowest BCUT2D eigenvalue weighted by atomic mass is 10.1. The maximum Gasteiger partial charge on any atom is 0.263 e. The van der Waals surface area contributed by atoms with Gasteiger partial charge in [0.25, 0.3) is 5.91 Å². The summed E-state index contributed by atoms with van der Waals surface area (Å²) in [6.45, 7) is 13.3. The van der Waals surface area contributed by atoms with Crippen molar-refractivity contribution in [2.24, 2.45) is 0 Å². The molecule has 1 aromatic rings. The molecule has 0 aliphatic carbocycles. The van der Waals surface area contributed by atoms with Crippen molar-refractivity contribution in [1.82, 2.24) is 4.90 Å². The topological polar surface area (TPSA) is 29.5 Å². The van der Waals surface area contributed by atoms with Crippen LogP contribution in [0.2, 0.25) is 0 Å². The molecule has 1 atom stereocenters. The minimum Gasteiger partial charge on any atom is -0.481 e. The maximum atomic E-state index is 12.2. The quantitative estimate of drug-likeness (QED) is 0.816. The predicted octanol–water partition coefficient (Wildman–Crippen LogP) is 3.25. The van der Waals surface area contributed by atoms with Gasteiger partial charge in [0, 0.05) is 13.1 Å². The Morgan fingerprint density at radius 1 is 1.21 bits per heavy atom. The van der Waals surface area contributed by atoms with Gasteiger partial charge in [-0.2, -0.15) is 0 Å². The van der Waals surface area contributed by atoms with Crippen LogP contribution in [0, 0.1) is 20.8 Å². The lowest BCUT2D eigenvalue weighted by Crippen LogP contribution is -2.40. The number of carbonyl (C=O) groups excluding carboxylic acids is 1. The third kappa shape index (κ3) is 3.72. The zero-order chi connectivity index (χ0) is 14.6. The van der Waals surface area contributed by atoms with Gasteiger partial charge in [0.15, 0.2) is 6.10 Å². The molecular formula is C16H25NO2. The number of nitrogens with zero attached hydrogens (tertiary/aromatic N) is 1. The van der Waals surface area contributed by atoms with E-state index in [0.717, 1.165) is 30.0 Å². The molecule has 0 bridgehead atoms. The highest BCUT2D eigenvalue weighted by molar-refractivity contribution is 5.80. The Kier molecular flexibility index (Phi) is 5.40. The van der Waals surface area contributed by atoms with Crippen LogP contribution < -0.4 is 4.74 Å². The molecule has 1 amide bonds. The second-order valence-electron chi connectivity index (χ2n) is 4.98. The number of amides is 1.